The Labute approximate surface area is 125 Å². The van der Waals surface area contributed by atoms with Gasteiger partial charge in [0.25, 0.3) is 10.1 Å². The number of rotatable bonds is 3. The topological polar surface area (TPSA) is 61.8 Å². The highest BCUT2D eigenvalue weighted by Crippen LogP contribution is 2.37. The van der Waals surface area contributed by atoms with Crippen LogP contribution in [-0.4, -0.2) is 33.5 Å². The maximum absolute atomic E-state index is 12.3. The summed E-state index contributed by atoms with van der Waals surface area (Å²) in [4.78, 5) is 0.195. The van der Waals surface area contributed by atoms with E-state index in [0.717, 1.165) is 18.4 Å². The van der Waals surface area contributed by atoms with Gasteiger partial charge >= 0.3 is 0 Å². The minimum absolute atomic E-state index is 0.195. The Kier molecular flexibility index (Phi) is 4.05. The maximum atomic E-state index is 12.3. The summed E-state index contributed by atoms with van der Waals surface area (Å²) in [7, 11) is -3.73. The molecule has 0 aromatic heterocycles. The molecule has 6 heteroatoms. The molecule has 0 unspecified atom stereocenters. The molecule has 0 bridgehead atoms. The van der Waals surface area contributed by atoms with Crippen LogP contribution >= 0.6 is 0 Å². The zero-order valence-corrected chi connectivity index (χ0v) is 12.9. The van der Waals surface area contributed by atoms with E-state index < -0.39 is 15.9 Å². The SMILES string of the molecule is Cc1ccc(S(=O)(=O)O[C@@H]2CCCC3(C2)OCCO3)cc1. The fourth-order valence-corrected chi connectivity index (χ4v) is 4.03. The molecular weight excluding hydrogens is 292 g/mol. The van der Waals surface area contributed by atoms with Gasteiger partial charge in [-0.05, 0) is 31.9 Å². The van der Waals surface area contributed by atoms with E-state index >= 15 is 0 Å². The van der Waals surface area contributed by atoms with Crippen LogP contribution in [0, 0.1) is 6.92 Å². The number of hydrogen-bond acceptors (Lipinski definition) is 5. The molecule has 5 nitrogen and oxygen atoms in total. The van der Waals surface area contributed by atoms with Gasteiger partial charge in [-0.3, -0.25) is 4.18 Å². The van der Waals surface area contributed by atoms with Crippen molar-refractivity contribution in [3.8, 4) is 0 Å². The van der Waals surface area contributed by atoms with Crippen LogP contribution in [0.1, 0.15) is 31.2 Å². The summed E-state index contributed by atoms with van der Waals surface area (Å²) < 4.78 is 41.3. The highest BCUT2D eigenvalue weighted by molar-refractivity contribution is 7.86. The van der Waals surface area contributed by atoms with Crippen molar-refractivity contribution in [3.63, 3.8) is 0 Å². The first kappa shape index (κ1) is 15.0. The van der Waals surface area contributed by atoms with Gasteiger partial charge in [0.05, 0.1) is 24.2 Å². The van der Waals surface area contributed by atoms with Crippen molar-refractivity contribution in [2.75, 3.05) is 13.2 Å². The second-order valence-corrected chi connectivity index (χ2v) is 7.26. The smallest absolute Gasteiger partial charge is 0.297 e. The van der Waals surface area contributed by atoms with E-state index in [9.17, 15) is 8.42 Å². The molecule has 1 aromatic rings. The van der Waals surface area contributed by atoms with Crippen molar-refractivity contribution >= 4 is 10.1 Å². The first-order chi connectivity index (χ1) is 9.99. The molecule has 2 fully saturated rings. The number of benzene rings is 1. The monoisotopic (exact) mass is 312 g/mol. The summed E-state index contributed by atoms with van der Waals surface area (Å²) in [5.74, 6) is -0.633. The predicted octanol–water partition coefficient (Wildman–Crippen LogP) is 2.39. The van der Waals surface area contributed by atoms with Gasteiger partial charge in [-0.2, -0.15) is 8.42 Å². The third kappa shape index (κ3) is 3.29. The molecule has 2 aliphatic rings. The first-order valence-corrected chi connectivity index (χ1v) is 8.68. The Morgan fingerprint density at radius 3 is 2.52 bits per heavy atom. The molecule has 1 aliphatic heterocycles. The summed E-state index contributed by atoms with van der Waals surface area (Å²) in [5, 5.41) is 0. The molecule has 116 valence electrons. The third-order valence-electron chi connectivity index (χ3n) is 4.01. The van der Waals surface area contributed by atoms with Gasteiger partial charge in [0.2, 0.25) is 0 Å². The zero-order valence-electron chi connectivity index (χ0n) is 12.1. The summed E-state index contributed by atoms with van der Waals surface area (Å²) in [6, 6.07) is 6.68. The third-order valence-corrected chi connectivity index (χ3v) is 5.38. The Morgan fingerprint density at radius 2 is 1.86 bits per heavy atom. The van der Waals surface area contributed by atoms with Crippen LogP contribution < -0.4 is 0 Å². The van der Waals surface area contributed by atoms with Crippen LogP contribution in [0.25, 0.3) is 0 Å². The second kappa shape index (κ2) is 5.68. The fourth-order valence-electron chi connectivity index (χ4n) is 2.93. The van der Waals surface area contributed by atoms with Crippen LogP contribution in [0.4, 0.5) is 0 Å². The highest BCUT2D eigenvalue weighted by atomic mass is 32.2. The van der Waals surface area contributed by atoms with E-state index in [2.05, 4.69) is 0 Å². The highest BCUT2D eigenvalue weighted by Gasteiger charge is 2.43. The number of aryl methyl sites for hydroxylation is 1. The van der Waals surface area contributed by atoms with E-state index in [1.165, 1.54) is 0 Å². The standard InChI is InChI=1S/C15H20O5S/c1-12-4-6-14(7-5-12)21(16,17)20-13-3-2-8-15(11-13)18-9-10-19-15/h4-7,13H,2-3,8-11H2,1H3/t13-/m1/s1. The maximum Gasteiger partial charge on any atom is 0.297 e. The van der Waals surface area contributed by atoms with Crippen LogP contribution in [0.5, 0.6) is 0 Å². The Bertz CT molecular complexity index is 587. The lowest BCUT2D eigenvalue weighted by Crippen LogP contribution is -2.40. The zero-order chi connectivity index (χ0) is 14.9. The van der Waals surface area contributed by atoms with Crippen molar-refractivity contribution in [1.29, 1.82) is 0 Å². The van der Waals surface area contributed by atoms with E-state index in [4.69, 9.17) is 13.7 Å². The molecular formula is C15H20O5S. The van der Waals surface area contributed by atoms with Crippen LogP contribution in [0.15, 0.2) is 29.2 Å². The quantitative estimate of drug-likeness (QED) is 0.802. The van der Waals surface area contributed by atoms with Crippen molar-refractivity contribution in [3.05, 3.63) is 29.8 Å². The molecule has 0 N–H and O–H groups in total. The van der Waals surface area contributed by atoms with Gasteiger partial charge < -0.3 is 9.47 Å². The summed E-state index contributed by atoms with van der Waals surface area (Å²) in [5.41, 5.74) is 1.01. The van der Waals surface area contributed by atoms with Crippen molar-refractivity contribution in [2.45, 2.75) is 49.4 Å². The van der Waals surface area contributed by atoms with Crippen LogP contribution in [-0.2, 0) is 23.8 Å². The van der Waals surface area contributed by atoms with E-state index in [0.29, 0.717) is 26.1 Å². The fraction of sp³-hybridized carbons (Fsp3) is 0.600. The number of ether oxygens (including phenoxy) is 2. The molecule has 1 saturated carbocycles. The molecule has 1 aromatic carbocycles. The van der Waals surface area contributed by atoms with Crippen molar-refractivity contribution in [1.82, 2.24) is 0 Å². The molecule has 0 amide bonds. The Hall–Kier alpha value is -0.950. The van der Waals surface area contributed by atoms with Gasteiger partial charge in [0.15, 0.2) is 5.79 Å². The summed E-state index contributed by atoms with van der Waals surface area (Å²) in [6.07, 6.45) is 2.44. The first-order valence-electron chi connectivity index (χ1n) is 7.27. The molecule has 3 rings (SSSR count). The normalized spacial score (nSPS) is 25.3. The molecule has 1 spiro atoms. The molecule has 0 radical (unpaired) electrons. The average molecular weight is 312 g/mol. The van der Waals surface area contributed by atoms with Gasteiger partial charge in [-0.15, -0.1) is 0 Å². The molecule has 1 heterocycles. The molecule has 1 aliphatic carbocycles. The summed E-state index contributed by atoms with van der Waals surface area (Å²) in [6.45, 7) is 3.05. The summed E-state index contributed by atoms with van der Waals surface area (Å²) >= 11 is 0. The van der Waals surface area contributed by atoms with E-state index in [1.807, 2.05) is 6.92 Å². The predicted molar refractivity (Wildman–Crippen MR) is 76.3 cm³/mol. The molecule has 21 heavy (non-hydrogen) atoms. The number of hydrogen-bond donors (Lipinski definition) is 0. The van der Waals surface area contributed by atoms with Gasteiger partial charge in [-0.25, -0.2) is 0 Å². The molecule has 1 atom stereocenters. The van der Waals surface area contributed by atoms with Crippen LogP contribution in [0.2, 0.25) is 0 Å². The Balaban J connectivity index is 1.71. The van der Waals surface area contributed by atoms with Gasteiger partial charge in [0, 0.05) is 12.8 Å². The lowest BCUT2D eigenvalue weighted by Gasteiger charge is -2.35. The lowest BCUT2D eigenvalue weighted by molar-refractivity contribution is -0.192. The van der Waals surface area contributed by atoms with Crippen molar-refractivity contribution in [2.24, 2.45) is 0 Å². The minimum atomic E-state index is -3.73. The van der Waals surface area contributed by atoms with Crippen molar-refractivity contribution < 1.29 is 22.1 Å². The van der Waals surface area contributed by atoms with Crippen LogP contribution in [0.3, 0.4) is 0 Å². The van der Waals surface area contributed by atoms with Gasteiger partial charge in [-0.1, -0.05) is 17.7 Å². The van der Waals surface area contributed by atoms with E-state index in [1.54, 1.807) is 24.3 Å². The van der Waals surface area contributed by atoms with E-state index in [-0.39, 0.29) is 11.0 Å². The molecule has 1 saturated heterocycles. The lowest BCUT2D eigenvalue weighted by atomic mass is 9.92. The Morgan fingerprint density at radius 1 is 1.19 bits per heavy atom. The largest absolute Gasteiger partial charge is 0.347 e. The van der Waals surface area contributed by atoms with Gasteiger partial charge in [0.1, 0.15) is 0 Å². The average Bonchev–Trinajstić information content (AvgIpc) is 2.86. The second-order valence-electron chi connectivity index (χ2n) is 5.69. The minimum Gasteiger partial charge on any atom is -0.347 e.